The molecule has 26 heavy (non-hydrogen) atoms. The van der Waals surface area contributed by atoms with Crippen molar-refractivity contribution >= 4 is 28.0 Å². The number of rotatable bonds is 9. The number of nitrogens with zero attached hydrogens (tertiary/aromatic N) is 1. The number of carbonyl (C=O) groups is 2. The van der Waals surface area contributed by atoms with Gasteiger partial charge < -0.3 is 20.9 Å². The summed E-state index contributed by atoms with van der Waals surface area (Å²) in [4.78, 5) is 26.7. The Morgan fingerprint density at radius 1 is 1.31 bits per heavy atom. The van der Waals surface area contributed by atoms with Gasteiger partial charge in [-0.3, -0.25) is 9.71 Å². The van der Waals surface area contributed by atoms with E-state index in [9.17, 15) is 18.0 Å². The van der Waals surface area contributed by atoms with Crippen LogP contribution in [0.4, 0.5) is 4.79 Å². The lowest BCUT2D eigenvalue weighted by Crippen LogP contribution is -2.41. The molecule has 0 unspecified atom stereocenters. The molecule has 0 radical (unpaired) electrons. The highest BCUT2D eigenvalue weighted by Gasteiger charge is 2.20. The van der Waals surface area contributed by atoms with Crippen LogP contribution in [-0.2, 0) is 26.2 Å². The smallest absolute Gasteiger partial charge is 0.408 e. The number of aliphatic carboxylic acids is 1. The Balaban J connectivity index is 2.40. The van der Waals surface area contributed by atoms with Crippen molar-refractivity contribution < 1.29 is 27.9 Å². The molecule has 1 rings (SSSR count). The molecule has 0 heterocycles. The minimum Gasteiger partial charge on any atom is -0.480 e. The third kappa shape index (κ3) is 9.47. The average molecular weight is 386 g/mol. The molecule has 10 nitrogen and oxygen atoms in total. The number of aliphatic imine (C=N–C) groups is 1. The quantitative estimate of drug-likeness (QED) is 0.264. The molecule has 1 aromatic rings. The summed E-state index contributed by atoms with van der Waals surface area (Å²) in [6.07, 6.45) is 0.428. The van der Waals surface area contributed by atoms with Gasteiger partial charge in [0, 0.05) is 6.54 Å². The first-order chi connectivity index (χ1) is 12.2. The van der Waals surface area contributed by atoms with E-state index in [-0.39, 0.29) is 32.0 Å². The Labute approximate surface area is 151 Å². The van der Waals surface area contributed by atoms with Gasteiger partial charge in [0.25, 0.3) is 0 Å². The van der Waals surface area contributed by atoms with Gasteiger partial charge in [0.1, 0.15) is 12.6 Å². The predicted molar refractivity (Wildman–Crippen MR) is 94.9 cm³/mol. The molecule has 1 aromatic carbocycles. The van der Waals surface area contributed by atoms with E-state index in [0.29, 0.717) is 0 Å². The third-order valence-electron chi connectivity index (χ3n) is 3.03. The molecule has 0 fully saturated rings. The molecule has 1 atom stereocenters. The van der Waals surface area contributed by atoms with Crippen molar-refractivity contribution in [3.05, 3.63) is 35.9 Å². The molecule has 0 saturated heterocycles. The number of carboxylic acids is 1. The number of nitrogens with one attached hydrogen (secondary N) is 2. The summed E-state index contributed by atoms with van der Waals surface area (Å²) < 4.78 is 28.9. The van der Waals surface area contributed by atoms with E-state index < -0.39 is 28.1 Å². The monoisotopic (exact) mass is 386 g/mol. The third-order valence-corrected chi connectivity index (χ3v) is 3.61. The zero-order valence-electron chi connectivity index (χ0n) is 14.2. The molecule has 0 aromatic heterocycles. The highest BCUT2D eigenvalue weighted by atomic mass is 32.2. The van der Waals surface area contributed by atoms with Crippen molar-refractivity contribution in [2.75, 3.05) is 12.8 Å². The maximum absolute atomic E-state index is 11.7. The first kappa shape index (κ1) is 21.2. The molecule has 5 N–H and O–H groups in total. The van der Waals surface area contributed by atoms with E-state index in [1.165, 1.54) is 0 Å². The lowest BCUT2D eigenvalue weighted by atomic mass is 10.1. The largest absolute Gasteiger partial charge is 0.480 e. The van der Waals surface area contributed by atoms with Gasteiger partial charge in [-0.1, -0.05) is 30.3 Å². The lowest BCUT2D eigenvalue weighted by Gasteiger charge is -2.14. The van der Waals surface area contributed by atoms with Crippen LogP contribution in [0.2, 0.25) is 0 Å². The van der Waals surface area contributed by atoms with E-state index >= 15 is 0 Å². The van der Waals surface area contributed by atoms with Crippen LogP contribution in [-0.4, -0.2) is 50.4 Å². The van der Waals surface area contributed by atoms with E-state index in [2.05, 4.69) is 10.3 Å². The van der Waals surface area contributed by atoms with Crippen molar-refractivity contribution in [2.45, 2.75) is 25.5 Å². The summed E-state index contributed by atoms with van der Waals surface area (Å²) in [5.41, 5.74) is 6.14. The second-order valence-corrected chi connectivity index (χ2v) is 7.13. The number of hydrogen-bond acceptors (Lipinski definition) is 6. The molecule has 144 valence electrons. The van der Waals surface area contributed by atoms with Gasteiger partial charge in [-0.05, 0) is 18.4 Å². The Hall–Kier alpha value is -2.82. The molecular formula is C15H22N4O6S. The fourth-order valence-corrected chi connectivity index (χ4v) is 2.33. The van der Waals surface area contributed by atoms with Crippen molar-refractivity contribution in [3.63, 3.8) is 0 Å². The molecule has 0 spiro atoms. The fourth-order valence-electron chi connectivity index (χ4n) is 1.88. The van der Waals surface area contributed by atoms with Crippen LogP contribution < -0.4 is 15.8 Å². The van der Waals surface area contributed by atoms with Gasteiger partial charge in [-0.25, -0.2) is 18.0 Å². The Kier molecular flexibility index (Phi) is 8.35. The normalized spacial score (nSPS) is 12.9. The van der Waals surface area contributed by atoms with E-state index in [1.807, 2.05) is 10.8 Å². The number of amides is 1. The highest BCUT2D eigenvalue weighted by molar-refractivity contribution is 7.89. The van der Waals surface area contributed by atoms with Crippen LogP contribution in [0.25, 0.3) is 0 Å². The van der Waals surface area contributed by atoms with Gasteiger partial charge >= 0.3 is 12.1 Å². The summed E-state index contributed by atoms with van der Waals surface area (Å²) in [6, 6.07) is 7.80. The SMILES string of the molecule is CS(=O)(=O)NC(N)=NCCC[C@H](NC(=O)OCc1ccccc1)C(=O)O. The van der Waals surface area contributed by atoms with Gasteiger partial charge in [0.2, 0.25) is 16.0 Å². The number of nitrogens with two attached hydrogens (primary N) is 1. The number of carbonyl (C=O) groups excluding carboxylic acids is 1. The van der Waals surface area contributed by atoms with E-state index in [1.54, 1.807) is 24.3 Å². The van der Waals surface area contributed by atoms with Gasteiger partial charge in [-0.2, -0.15) is 0 Å². The first-order valence-corrected chi connectivity index (χ1v) is 9.54. The number of ether oxygens (including phenoxy) is 1. The molecule has 0 aliphatic carbocycles. The lowest BCUT2D eigenvalue weighted by molar-refractivity contribution is -0.139. The average Bonchev–Trinajstić information content (AvgIpc) is 2.55. The zero-order chi connectivity index (χ0) is 19.6. The summed E-state index contributed by atoms with van der Waals surface area (Å²) in [7, 11) is -3.51. The number of carboxylic acid groups (broad SMARTS) is 1. The van der Waals surface area contributed by atoms with E-state index in [0.717, 1.165) is 11.8 Å². The molecule has 0 bridgehead atoms. The summed E-state index contributed by atoms with van der Waals surface area (Å²) in [5.74, 6) is -1.50. The Morgan fingerprint density at radius 3 is 2.54 bits per heavy atom. The van der Waals surface area contributed by atoms with Gasteiger partial charge in [0.05, 0.1) is 6.26 Å². The Bertz CT molecular complexity index is 736. The van der Waals surface area contributed by atoms with Crippen LogP contribution in [0, 0.1) is 0 Å². The number of sulfonamides is 1. The molecule has 0 aliphatic rings. The highest BCUT2D eigenvalue weighted by Crippen LogP contribution is 2.03. The van der Waals surface area contributed by atoms with Crippen LogP contribution >= 0.6 is 0 Å². The van der Waals surface area contributed by atoms with Crippen LogP contribution in [0.1, 0.15) is 18.4 Å². The van der Waals surface area contributed by atoms with Crippen molar-refractivity contribution in [3.8, 4) is 0 Å². The number of benzene rings is 1. The first-order valence-electron chi connectivity index (χ1n) is 7.65. The van der Waals surface area contributed by atoms with Crippen LogP contribution in [0.3, 0.4) is 0 Å². The maximum Gasteiger partial charge on any atom is 0.408 e. The van der Waals surface area contributed by atoms with Crippen molar-refractivity contribution in [2.24, 2.45) is 10.7 Å². The molecule has 11 heteroatoms. The molecule has 0 saturated carbocycles. The summed E-state index contributed by atoms with van der Waals surface area (Å²) in [6.45, 7) is 0.121. The van der Waals surface area contributed by atoms with Crippen molar-refractivity contribution in [1.29, 1.82) is 0 Å². The summed E-state index contributed by atoms with van der Waals surface area (Å²) in [5, 5.41) is 11.4. The second-order valence-electron chi connectivity index (χ2n) is 5.38. The van der Waals surface area contributed by atoms with E-state index in [4.69, 9.17) is 15.6 Å². The maximum atomic E-state index is 11.7. The van der Waals surface area contributed by atoms with Crippen molar-refractivity contribution in [1.82, 2.24) is 10.0 Å². The zero-order valence-corrected chi connectivity index (χ0v) is 15.0. The Morgan fingerprint density at radius 2 is 1.96 bits per heavy atom. The minimum atomic E-state index is -3.51. The van der Waals surface area contributed by atoms with Crippen LogP contribution in [0.15, 0.2) is 35.3 Å². The fraction of sp³-hybridized carbons (Fsp3) is 0.400. The topological polar surface area (TPSA) is 160 Å². The summed E-state index contributed by atoms with van der Waals surface area (Å²) >= 11 is 0. The van der Waals surface area contributed by atoms with Gasteiger partial charge in [0.15, 0.2) is 0 Å². The van der Waals surface area contributed by atoms with Gasteiger partial charge in [-0.15, -0.1) is 0 Å². The number of alkyl carbamates (subject to hydrolysis) is 1. The number of guanidine groups is 1. The molecular weight excluding hydrogens is 364 g/mol. The second kappa shape index (κ2) is 10.2. The standard InChI is InChI=1S/C15H22N4O6S/c1-26(23,24)19-14(16)17-9-5-8-12(13(20)21)18-15(22)25-10-11-6-3-2-4-7-11/h2-4,6-7,12H,5,8-10H2,1H3,(H,18,22)(H,20,21)(H3,16,17,19)/t12-/m0/s1. The predicted octanol–water partition coefficient (Wildman–Crippen LogP) is 0.0101. The molecule has 1 amide bonds. The van der Waals surface area contributed by atoms with Crippen LogP contribution in [0.5, 0.6) is 0 Å². The number of hydrogen-bond donors (Lipinski definition) is 4. The minimum absolute atomic E-state index is 0.0248. The molecule has 0 aliphatic heterocycles.